The minimum absolute atomic E-state index is 0. The summed E-state index contributed by atoms with van der Waals surface area (Å²) in [5.74, 6) is 2.12. The number of ether oxygens (including phenoxy) is 3. The molecule has 1 aromatic heterocycles. The van der Waals surface area contributed by atoms with Gasteiger partial charge < -0.3 is 24.4 Å². The summed E-state index contributed by atoms with van der Waals surface area (Å²) in [6, 6.07) is 3.86. The average Bonchev–Trinajstić information content (AvgIpc) is 3.11. The molecule has 0 aliphatic carbocycles. The van der Waals surface area contributed by atoms with Gasteiger partial charge in [-0.2, -0.15) is 0 Å². The molecule has 1 unspecified atom stereocenters. The monoisotopic (exact) mass is 478 g/mol. The number of aromatic nitrogens is 1. The van der Waals surface area contributed by atoms with Gasteiger partial charge in [-0.25, -0.2) is 9.98 Å². The number of rotatable bonds is 9. The number of guanidine groups is 1. The highest BCUT2D eigenvalue weighted by Gasteiger charge is 2.24. The van der Waals surface area contributed by atoms with Crippen molar-refractivity contribution in [2.45, 2.75) is 19.9 Å². The molecule has 8 heteroatoms. The first-order chi connectivity index (χ1) is 12.3. The van der Waals surface area contributed by atoms with Gasteiger partial charge in [0, 0.05) is 44.9 Å². The molecule has 26 heavy (non-hydrogen) atoms. The molecular weight excluding hydrogens is 447 g/mol. The van der Waals surface area contributed by atoms with Gasteiger partial charge in [-0.1, -0.05) is 6.07 Å². The van der Waals surface area contributed by atoms with Crippen molar-refractivity contribution in [1.82, 2.24) is 15.2 Å². The molecule has 1 aliphatic rings. The van der Waals surface area contributed by atoms with Gasteiger partial charge in [-0.15, -0.1) is 24.0 Å². The van der Waals surface area contributed by atoms with Crippen LogP contribution in [0.3, 0.4) is 0 Å². The summed E-state index contributed by atoms with van der Waals surface area (Å²) in [6.07, 6.45) is 2.93. The molecule has 1 fully saturated rings. The Kier molecular flexibility index (Phi) is 11.5. The van der Waals surface area contributed by atoms with Gasteiger partial charge in [0.15, 0.2) is 5.96 Å². The third kappa shape index (κ3) is 7.63. The SMILES string of the molecule is CCNC(=NCc1ccc(OC)nc1)N1CCC(COCCOC)C1.I. The molecule has 0 aromatic carbocycles. The number of nitrogens with one attached hydrogen (secondary N) is 1. The lowest BCUT2D eigenvalue weighted by Gasteiger charge is -2.21. The first-order valence-corrected chi connectivity index (χ1v) is 8.85. The summed E-state index contributed by atoms with van der Waals surface area (Å²) in [5, 5.41) is 3.38. The van der Waals surface area contributed by atoms with Crippen LogP contribution in [0.5, 0.6) is 5.88 Å². The number of halogens is 1. The second kappa shape index (κ2) is 13.1. The molecule has 1 N–H and O–H groups in total. The van der Waals surface area contributed by atoms with Crippen molar-refractivity contribution in [2.75, 3.05) is 53.7 Å². The molecular formula is C18H31IN4O3. The maximum absolute atomic E-state index is 5.67. The molecule has 0 radical (unpaired) electrons. The predicted octanol–water partition coefficient (Wildman–Crippen LogP) is 2.16. The molecule has 1 aromatic rings. The van der Waals surface area contributed by atoms with Gasteiger partial charge in [0.25, 0.3) is 0 Å². The summed E-state index contributed by atoms with van der Waals surface area (Å²) in [4.78, 5) is 11.3. The number of likely N-dealkylation sites (tertiary alicyclic amines) is 1. The van der Waals surface area contributed by atoms with Crippen LogP contribution in [-0.2, 0) is 16.0 Å². The maximum Gasteiger partial charge on any atom is 0.212 e. The highest BCUT2D eigenvalue weighted by molar-refractivity contribution is 14.0. The van der Waals surface area contributed by atoms with E-state index in [1.54, 1.807) is 14.2 Å². The normalized spacial score (nSPS) is 17.1. The van der Waals surface area contributed by atoms with Crippen molar-refractivity contribution >= 4 is 29.9 Å². The maximum atomic E-state index is 5.67. The van der Waals surface area contributed by atoms with E-state index in [0.717, 1.165) is 44.2 Å². The zero-order valence-electron chi connectivity index (χ0n) is 15.9. The van der Waals surface area contributed by atoms with Crippen LogP contribution in [0.2, 0.25) is 0 Å². The van der Waals surface area contributed by atoms with E-state index in [-0.39, 0.29) is 24.0 Å². The van der Waals surface area contributed by atoms with Crippen LogP contribution in [0.25, 0.3) is 0 Å². The lowest BCUT2D eigenvalue weighted by molar-refractivity contribution is 0.0536. The van der Waals surface area contributed by atoms with Crippen molar-refractivity contribution in [3.63, 3.8) is 0 Å². The minimum atomic E-state index is 0. The molecule has 0 bridgehead atoms. The summed E-state index contributed by atoms with van der Waals surface area (Å²) in [7, 11) is 3.31. The number of pyridine rings is 1. The molecule has 2 heterocycles. The smallest absolute Gasteiger partial charge is 0.212 e. The Hall–Kier alpha value is -1.13. The molecule has 0 spiro atoms. The summed E-state index contributed by atoms with van der Waals surface area (Å²) in [6.45, 7) is 7.61. The van der Waals surface area contributed by atoms with Crippen LogP contribution in [-0.4, -0.2) is 69.5 Å². The fourth-order valence-corrected chi connectivity index (χ4v) is 2.77. The zero-order chi connectivity index (χ0) is 17.9. The Morgan fingerprint density at radius 3 is 2.85 bits per heavy atom. The fraction of sp³-hybridized carbons (Fsp3) is 0.667. The van der Waals surface area contributed by atoms with E-state index in [2.05, 4.69) is 22.1 Å². The molecule has 1 saturated heterocycles. The van der Waals surface area contributed by atoms with E-state index < -0.39 is 0 Å². The van der Waals surface area contributed by atoms with Crippen LogP contribution < -0.4 is 10.1 Å². The molecule has 7 nitrogen and oxygen atoms in total. The van der Waals surface area contributed by atoms with Crippen molar-refractivity contribution in [2.24, 2.45) is 10.9 Å². The Bertz CT molecular complexity index is 528. The quantitative estimate of drug-likeness (QED) is 0.254. The van der Waals surface area contributed by atoms with E-state index in [1.165, 1.54) is 0 Å². The minimum Gasteiger partial charge on any atom is -0.481 e. The van der Waals surface area contributed by atoms with Crippen LogP contribution in [0, 0.1) is 5.92 Å². The van der Waals surface area contributed by atoms with Gasteiger partial charge in [0.1, 0.15) is 0 Å². The first-order valence-electron chi connectivity index (χ1n) is 8.85. The van der Waals surface area contributed by atoms with Crippen LogP contribution >= 0.6 is 24.0 Å². The number of hydrogen-bond donors (Lipinski definition) is 1. The third-order valence-corrected chi connectivity index (χ3v) is 4.12. The first kappa shape index (κ1) is 22.9. The van der Waals surface area contributed by atoms with Crippen molar-refractivity contribution in [3.05, 3.63) is 23.9 Å². The summed E-state index contributed by atoms with van der Waals surface area (Å²) >= 11 is 0. The number of aliphatic imine (C=N–C) groups is 1. The highest BCUT2D eigenvalue weighted by atomic mass is 127. The van der Waals surface area contributed by atoms with Gasteiger partial charge in [0.05, 0.1) is 33.5 Å². The molecule has 1 atom stereocenters. The Morgan fingerprint density at radius 2 is 2.19 bits per heavy atom. The van der Waals surface area contributed by atoms with Gasteiger partial charge in [0.2, 0.25) is 5.88 Å². The van der Waals surface area contributed by atoms with Crippen LogP contribution in [0.1, 0.15) is 18.9 Å². The van der Waals surface area contributed by atoms with Crippen LogP contribution in [0.15, 0.2) is 23.3 Å². The van der Waals surface area contributed by atoms with E-state index in [1.807, 2.05) is 18.3 Å². The van der Waals surface area contributed by atoms with Crippen molar-refractivity contribution in [1.29, 1.82) is 0 Å². The average molecular weight is 478 g/mol. The second-order valence-corrected chi connectivity index (χ2v) is 6.05. The van der Waals surface area contributed by atoms with Gasteiger partial charge in [-0.3, -0.25) is 0 Å². The van der Waals surface area contributed by atoms with E-state index in [4.69, 9.17) is 19.2 Å². The molecule has 2 rings (SSSR count). The van der Waals surface area contributed by atoms with Gasteiger partial charge >= 0.3 is 0 Å². The van der Waals surface area contributed by atoms with Gasteiger partial charge in [-0.05, 0) is 18.9 Å². The molecule has 0 amide bonds. The lowest BCUT2D eigenvalue weighted by atomic mass is 10.1. The number of hydrogen-bond acceptors (Lipinski definition) is 5. The number of methoxy groups -OCH3 is 2. The fourth-order valence-electron chi connectivity index (χ4n) is 2.77. The molecule has 148 valence electrons. The van der Waals surface area contributed by atoms with Crippen LogP contribution in [0.4, 0.5) is 0 Å². The lowest BCUT2D eigenvalue weighted by Crippen LogP contribution is -2.40. The Balaban J connectivity index is 0.00000338. The number of nitrogens with zero attached hydrogens (tertiary/aromatic N) is 3. The van der Waals surface area contributed by atoms with E-state index in [9.17, 15) is 0 Å². The van der Waals surface area contributed by atoms with E-state index >= 15 is 0 Å². The van der Waals surface area contributed by atoms with E-state index in [0.29, 0.717) is 31.6 Å². The Morgan fingerprint density at radius 1 is 1.35 bits per heavy atom. The standard InChI is InChI=1S/C18H30N4O3.HI/c1-4-19-18(21-12-15-5-6-17(24-3)20-11-15)22-8-7-16(13-22)14-25-10-9-23-2;/h5-6,11,16H,4,7-10,12-14H2,1-3H3,(H,19,21);1H. The second-order valence-electron chi connectivity index (χ2n) is 6.05. The highest BCUT2D eigenvalue weighted by Crippen LogP contribution is 2.17. The summed E-state index contributed by atoms with van der Waals surface area (Å²) < 4.78 is 15.8. The Labute approximate surface area is 173 Å². The summed E-state index contributed by atoms with van der Waals surface area (Å²) in [5.41, 5.74) is 1.06. The third-order valence-electron chi connectivity index (χ3n) is 4.12. The van der Waals surface area contributed by atoms with Crippen molar-refractivity contribution < 1.29 is 14.2 Å². The topological polar surface area (TPSA) is 68.2 Å². The largest absolute Gasteiger partial charge is 0.481 e. The zero-order valence-corrected chi connectivity index (χ0v) is 18.3. The molecule has 1 aliphatic heterocycles. The predicted molar refractivity (Wildman–Crippen MR) is 113 cm³/mol. The molecule has 0 saturated carbocycles. The van der Waals surface area contributed by atoms with Crippen molar-refractivity contribution in [3.8, 4) is 5.88 Å².